The van der Waals surface area contributed by atoms with Gasteiger partial charge in [0.2, 0.25) is 0 Å². The minimum atomic E-state index is -2.23. The maximum Gasteiger partial charge on any atom is 0.194 e. The first-order valence-corrected chi connectivity index (χ1v) is 13.8. The van der Waals surface area contributed by atoms with Gasteiger partial charge in [0, 0.05) is 24.4 Å². The van der Waals surface area contributed by atoms with Crippen LogP contribution in [0.3, 0.4) is 0 Å². The molecule has 0 radical (unpaired) electrons. The van der Waals surface area contributed by atoms with Crippen molar-refractivity contribution in [1.29, 1.82) is 5.26 Å². The zero-order valence-corrected chi connectivity index (χ0v) is 20.6. The normalized spacial score (nSPS) is 13.8. The fourth-order valence-corrected chi connectivity index (χ4v) is 4.66. The Morgan fingerprint density at radius 2 is 1.59 bits per heavy atom. The van der Waals surface area contributed by atoms with Crippen LogP contribution in [-0.4, -0.2) is 13.3 Å². The number of rotatable bonds is 8. The van der Waals surface area contributed by atoms with Gasteiger partial charge in [0.25, 0.3) is 0 Å². The molecule has 3 aromatic rings. The smallest absolute Gasteiger partial charge is 0.194 e. The van der Waals surface area contributed by atoms with E-state index in [2.05, 4.69) is 44.9 Å². The minimum Gasteiger partial charge on any atom is -0.489 e. The Morgan fingerprint density at radius 1 is 0.906 bits per heavy atom. The second-order valence-electron chi connectivity index (χ2n) is 9.64. The van der Waals surface area contributed by atoms with Gasteiger partial charge < -0.3 is 9.16 Å². The van der Waals surface area contributed by atoms with Crippen molar-refractivity contribution < 1.29 is 9.16 Å². The predicted molar refractivity (Wildman–Crippen MR) is 131 cm³/mol. The van der Waals surface area contributed by atoms with Gasteiger partial charge in [-0.25, -0.2) is 0 Å². The molecule has 3 rings (SSSR count). The molecule has 1 heterocycles. The lowest BCUT2D eigenvalue weighted by Gasteiger charge is -2.42. The van der Waals surface area contributed by atoms with Gasteiger partial charge in [-0.1, -0.05) is 69.3 Å². The molecule has 1 atom stereocenters. The SMILES string of the molecule is CC(C)(C)[Si](C)(C)OC(C#N)(Cc1ccc(OCc2ccccc2)cc1)c1cccnc1. The van der Waals surface area contributed by atoms with E-state index in [9.17, 15) is 5.26 Å². The third kappa shape index (κ3) is 5.64. The largest absolute Gasteiger partial charge is 0.489 e. The standard InChI is InChI=1S/C27H32N2O2Si/c1-26(2,3)32(4,5)31-27(21-28,24-12-9-17-29-19-24)18-22-13-15-25(16-14-22)30-20-23-10-7-6-8-11-23/h6-17,19H,18,20H2,1-5H3. The highest BCUT2D eigenvalue weighted by molar-refractivity contribution is 6.74. The summed E-state index contributed by atoms with van der Waals surface area (Å²) in [5, 5.41) is 10.4. The molecular weight excluding hydrogens is 412 g/mol. The lowest BCUT2D eigenvalue weighted by atomic mass is 9.89. The number of nitriles is 1. The van der Waals surface area contributed by atoms with Crippen molar-refractivity contribution in [3.05, 3.63) is 95.8 Å². The molecular formula is C27H32N2O2Si. The minimum absolute atomic E-state index is 0.0214. The average Bonchev–Trinajstić information content (AvgIpc) is 2.78. The average molecular weight is 445 g/mol. The van der Waals surface area contributed by atoms with Crippen LogP contribution >= 0.6 is 0 Å². The summed E-state index contributed by atoms with van der Waals surface area (Å²) in [6.45, 7) is 11.4. The molecule has 166 valence electrons. The Balaban J connectivity index is 1.84. The van der Waals surface area contributed by atoms with Gasteiger partial charge in [0.1, 0.15) is 18.4 Å². The van der Waals surface area contributed by atoms with Crippen LogP contribution < -0.4 is 4.74 Å². The maximum atomic E-state index is 10.4. The van der Waals surface area contributed by atoms with E-state index in [4.69, 9.17) is 9.16 Å². The summed E-state index contributed by atoms with van der Waals surface area (Å²) in [6.07, 6.45) is 3.91. The highest BCUT2D eigenvalue weighted by Crippen LogP contribution is 2.43. The highest BCUT2D eigenvalue weighted by atomic mass is 28.4. The topological polar surface area (TPSA) is 55.1 Å². The number of pyridine rings is 1. The Hall–Kier alpha value is -2.94. The summed E-state index contributed by atoms with van der Waals surface area (Å²) < 4.78 is 12.7. The summed E-state index contributed by atoms with van der Waals surface area (Å²) in [7, 11) is -2.23. The zero-order valence-electron chi connectivity index (χ0n) is 19.6. The summed E-state index contributed by atoms with van der Waals surface area (Å²) in [4.78, 5) is 4.26. The van der Waals surface area contributed by atoms with Crippen molar-refractivity contribution in [2.24, 2.45) is 0 Å². The molecule has 0 saturated heterocycles. The van der Waals surface area contributed by atoms with Gasteiger partial charge in [-0.05, 0) is 47.5 Å². The lowest BCUT2D eigenvalue weighted by Crippen LogP contribution is -2.49. The molecule has 4 nitrogen and oxygen atoms in total. The van der Waals surface area contributed by atoms with E-state index in [0.717, 1.165) is 22.4 Å². The fraction of sp³-hybridized carbons (Fsp3) is 0.333. The van der Waals surface area contributed by atoms with Gasteiger partial charge in [0.05, 0.1) is 0 Å². The van der Waals surface area contributed by atoms with Crippen molar-refractivity contribution >= 4 is 8.32 Å². The molecule has 32 heavy (non-hydrogen) atoms. The number of benzene rings is 2. The molecule has 0 aliphatic heterocycles. The van der Waals surface area contributed by atoms with Crippen LogP contribution in [0, 0.1) is 11.3 Å². The summed E-state index contributed by atoms with van der Waals surface area (Å²) in [5.41, 5.74) is 1.83. The van der Waals surface area contributed by atoms with E-state index < -0.39 is 13.9 Å². The maximum absolute atomic E-state index is 10.4. The van der Waals surface area contributed by atoms with Crippen LogP contribution in [0.2, 0.25) is 18.1 Å². The number of hydrogen-bond acceptors (Lipinski definition) is 4. The molecule has 0 aliphatic rings. The fourth-order valence-electron chi connectivity index (χ4n) is 3.25. The van der Waals surface area contributed by atoms with Crippen LogP contribution in [-0.2, 0) is 23.1 Å². The van der Waals surface area contributed by atoms with Crippen LogP contribution in [0.5, 0.6) is 5.75 Å². The van der Waals surface area contributed by atoms with Gasteiger partial charge in [-0.15, -0.1) is 0 Å². The van der Waals surface area contributed by atoms with E-state index in [1.54, 1.807) is 12.4 Å². The molecule has 0 fully saturated rings. The van der Waals surface area contributed by atoms with Gasteiger partial charge in [0.15, 0.2) is 13.9 Å². The highest BCUT2D eigenvalue weighted by Gasteiger charge is 2.46. The lowest BCUT2D eigenvalue weighted by molar-refractivity contribution is 0.108. The number of aromatic nitrogens is 1. The van der Waals surface area contributed by atoms with E-state index in [-0.39, 0.29) is 5.04 Å². The Bertz CT molecular complexity index is 1040. The van der Waals surface area contributed by atoms with Crippen LogP contribution in [0.25, 0.3) is 0 Å². The van der Waals surface area contributed by atoms with Crippen molar-refractivity contribution in [1.82, 2.24) is 4.98 Å². The number of nitrogens with zero attached hydrogens (tertiary/aromatic N) is 2. The molecule has 1 unspecified atom stereocenters. The zero-order chi connectivity index (χ0) is 23.2. The first-order valence-electron chi connectivity index (χ1n) is 10.9. The van der Waals surface area contributed by atoms with E-state index in [0.29, 0.717) is 13.0 Å². The van der Waals surface area contributed by atoms with Crippen molar-refractivity contribution in [2.45, 2.75) is 57.5 Å². The molecule has 2 aromatic carbocycles. The van der Waals surface area contributed by atoms with Gasteiger partial charge >= 0.3 is 0 Å². The molecule has 0 aliphatic carbocycles. The first-order chi connectivity index (χ1) is 15.2. The van der Waals surface area contributed by atoms with E-state index in [1.807, 2.05) is 66.7 Å². The van der Waals surface area contributed by atoms with Crippen molar-refractivity contribution in [2.75, 3.05) is 0 Å². The Kier molecular flexibility index (Phi) is 7.18. The summed E-state index contributed by atoms with van der Waals surface area (Å²) in [6, 6.07) is 24.3. The monoisotopic (exact) mass is 444 g/mol. The summed E-state index contributed by atoms with van der Waals surface area (Å²) in [5.74, 6) is 0.798. The van der Waals surface area contributed by atoms with E-state index >= 15 is 0 Å². The third-order valence-electron chi connectivity index (χ3n) is 6.17. The Morgan fingerprint density at radius 3 is 2.16 bits per heavy atom. The van der Waals surface area contributed by atoms with Crippen LogP contribution in [0.1, 0.15) is 37.5 Å². The number of hydrogen-bond donors (Lipinski definition) is 0. The quantitative estimate of drug-likeness (QED) is 0.365. The van der Waals surface area contributed by atoms with Crippen LogP contribution in [0.4, 0.5) is 0 Å². The van der Waals surface area contributed by atoms with Gasteiger partial charge in [-0.2, -0.15) is 5.26 Å². The molecule has 1 aromatic heterocycles. The Labute approximate surface area is 193 Å². The van der Waals surface area contributed by atoms with Crippen molar-refractivity contribution in [3.8, 4) is 11.8 Å². The first kappa shape index (κ1) is 23.7. The van der Waals surface area contributed by atoms with Gasteiger partial charge in [-0.3, -0.25) is 4.98 Å². The number of ether oxygens (including phenoxy) is 1. The molecule has 0 amide bonds. The predicted octanol–water partition coefficient (Wildman–Crippen LogP) is 6.64. The summed E-state index contributed by atoms with van der Waals surface area (Å²) >= 11 is 0. The molecule has 5 heteroatoms. The van der Waals surface area contributed by atoms with Crippen molar-refractivity contribution in [3.63, 3.8) is 0 Å². The second-order valence-corrected chi connectivity index (χ2v) is 14.4. The van der Waals surface area contributed by atoms with Crippen LogP contribution in [0.15, 0.2) is 79.1 Å². The van der Waals surface area contributed by atoms with E-state index in [1.165, 1.54) is 0 Å². The molecule has 0 bridgehead atoms. The molecule has 0 saturated carbocycles. The molecule has 0 N–H and O–H groups in total. The molecule has 0 spiro atoms. The second kappa shape index (κ2) is 9.68. The third-order valence-corrected chi connectivity index (χ3v) is 10.6.